The predicted molar refractivity (Wildman–Crippen MR) is 209 cm³/mol. The number of allylic oxidation sites excluding steroid dienone is 2. The largest absolute Gasteiger partial charge is 0.512 e. The number of nitrogens with zero attached hydrogens (tertiary/aromatic N) is 1. The molecule has 0 aliphatic heterocycles. The number of carbonyl (C=O) groups is 1. The quantitative estimate of drug-likeness (QED) is 0.0865. The molecule has 2 heterocycles. The number of aromatic nitrogens is 1. The Labute approximate surface area is 314 Å². The molecule has 3 aromatic carbocycles. The normalized spacial score (nSPS) is 13.2. The molecular weight excluding hydrogens is 799 g/mol. The number of thiophene rings is 1. The van der Waals surface area contributed by atoms with Crippen molar-refractivity contribution in [3.05, 3.63) is 89.8 Å². The second kappa shape index (κ2) is 16.4. The molecule has 5 rings (SSSR count). The van der Waals surface area contributed by atoms with Crippen molar-refractivity contribution in [2.24, 2.45) is 16.7 Å². The van der Waals surface area contributed by atoms with Crippen molar-refractivity contribution in [1.82, 2.24) is 4.98 Å². The molecule has 5 aromatic rings. The minimum Gasteiger partial charge on any atom is -0.512 e. The molecule has 0 saturated carbocycles. The summed E-state index contributed by atoms with van der Waals surface area (Å²) in [4.78, 5) is 17.2. The number of carbonyl (C=O) groups excluding carboxylic acids is 1. The second-order valence-electron chi connectivity index (χ2n) is 15.3. The molecule has 0 fully saturated rings. The van der Waals surface area contributed by atoms with Crippen molar-refractivity contribution < 1.29 is 31.4 Å². The summed E-state index contributed by atoms with van der Waals surface area (Å²) >= 11 is 1.89. The van der Waals surface area contributed by atoms with Crippen LogP contribution in [0.5, 0.6) is 0 Å². The molecular formula is C44H56IrNO2S-. The Balaban J connectivity index is 0.000000309. The number of pyridine rings is 1. The Kier molecular flexibility index (Phi) is 13.1. The molecule has 49 heavy (non-hydrogen) atoms. The molecule has 0 bridgehead atoms. The van der Waals surface area contributed by atoms with Crippen LogP contribution in [-0.2, 0) is 36.7 Å². The number of fused-ring (bicyclic) bond motifs is 4. The average molecular weight is 856 g/mol. The Morgan fingerprint density at radius 2 is 1.47 bits per heavy atom. The van der Waals surface area contributed by atoms with Crippen LogP contribution in [0.4, 0.5) is 0 Å². The van der Waals surface area contributed by atoms with Crippen LogP contribution in [0.3, 0.4) is 0 Å². The zero-order chi connectivity index (χ0) is 36.3. The topological polar surface area (TPSA) is 50.2 Å². The third-order valence-electron chi connectivity index (χ3n) is 10.4. The van der Waals surface area contributed by atoms with E-state index in [2.05, 4.69) is 95.3 Å². The van der Waals surface area contributed by atoms with Gasteiger partial charge in [-0.25, -0.2) is 0 Å². The van der Waals surface area contributed by atoms with Crippen molar-refractivity contribution in [3.8, 4) is 11.3 Å². The van der Waals surface area contributed by atoms with Crippen LogP contribution in [0.2, 0.25) is 0 Å². The van der Waals surface area contributed by atoms with Crippen LogP contribution in [0.1, 0.15) is 114 Å². The molecule has 265 valence electrons. The molecule has 2 aromatic heterocycles. The van der Waals surface area contributed by atoms with Gasteiger partial charge in [-0.05, 0) is 60.5 Å². The van der Waals surface area contributed by atoms with E-state index >= 15 is 0 Å². The van der Waals surface area contributed by atoms with Gasteiger partial charge in [-0.15, -0.1) is 40.5 Å². The van der Waals surface area contributed by atoms with E-state index in [1.165, 1.54) is 36.7 Å². The van der Waals surface area contributed by atoms with E-state index in [1.54, 1.807) is 0 Å². The van der Waals surface area contributed by atoms with Gasteiger partial charge in [0.25, 0.3) is 0 Å². The van der Waals surface area contributed by atoms with Crippen LogP contribution in [0.25, 0.3) is 42.2 Å². The molecule has 0 aliphatic rings. The van der Waals surface area contributed by atoms with Crippen LogP contribution in [-0.4, -0.2) is 15.9 Å². The molecule has 1 radical (unpaired) electrons. The molecule has 0 atom stereocenters. The molecule has 0 saturated heterocycles. The Morgan fingerprint density at radius 3 is 2.06 bits per heavy atom. The zero-order valence-corrected chi connectivity index (χ0v) is 34.6. The Morgan fingerprint density at radius 1 is 0.878 bits per heavy atom. The van der Waals surface area contributed by atoms with Gasteiger partial charge in [0.05, 0.1) is 1.37 Å². The van der Waals surface area contributed by atoms with Gasteiger partial charge < -0.3 is 5.11 Å². The number of aliphatic hydroxyl groups is 1. The molecule has 1 N–H and O–H groups in total. The third-order valence-corrected chi connectivity index (χ3v) is 11.7. The van der Waals surface area contributed by atoms with Crippen molar-refractivity contribution >= 4 is 48.1 Å². The van der Waals surface area contributed by atoms with E-state index in [0.29, 0.717) is 18.8 Å². The first-order valence-corrected chi connectivity index (χ1v) is 18.6. The van der Waals surface area contributed by atoms with Crippen molar-refractivity contribution in [2.75, 3.05) is 0 Å². The number of rotatable bonds is 10. The van der Waals surface area contributed by atoms with E-state index in [0.717, 1.165) is 35.9 Å². The monoisotopic (exact) mass is 856 g/mol. The van der Waals surface area contributed by atoms with Gasteiger partial charge in [-0.1, -0.05) is 124 Å². The summed E-state index contributed by atoms with van der Waals surface area (Å²) in [6.45, 7) is 23.0. The SMILES string of the molecule is CC(C)Cc1cccc2c1sc1c(-c3[c-]c4ccccc4c(C(C)(C)C)c3)nccc12.[2H]/C(C(=O)C(C)(CC)CC)=C(/O)C(C)(CC)CC.[Ir]. The first kappa shape index (κ1) is 38.9. The van der Waals surface area contributed by atoms with Crippen LogP contribution < -0.4 is 0 Å². The van der Waals surface area contributed by atoms with E-state index in [4.69, 9.17) is 6.35 Å². The van der Waals surface area contributed by atoms with Gasteiger partial charge in [0.1, 0.15) is 5.76 Å². The zero-order valence-electron chi connectivity index (χ0n) is 32.4. The summed E-state index contributed by atoms with van der Waals surface area (Å²) in [5.74, 6) is 0.348. The molecule has 0 aliphatic carbocycles. The summed E-state index contributed by atoms with van der Waals surface area (Å²) in [5.41, 5.74) is 3.97. The molecule has 0 spiro atoms. The maximum Gasteiger partial charge on any atom is 0.164 e. The van der Waals surface area contributed by atoms with Crippen LogP contribution in [0.15, 0.2) is 72.6 Å². The minimum absolute atomic E-state index is 0. The fourth-order valence-corrected chi connectivity index (χ4v) is 7.44. The summed E-state index contributed by atoms with van der Waals surface area (Å²) in [5, 5.41) is 15.3. The molecule has 3 nitrogen and oxygen atoms in total. The van der Waals surface area contributed by atoms with Gasteiger partial charge in [-0.2, -0.15) is 0 Å². The molecule has 0 amide bonds. The maximum atomic E-state index is 12.3. The van der Waals surface area contributed by atoms with Crippen LogP contribution >= 0.6 is 11.3 Å². The summed E-state index contributed by atoms with van der Waals surface area (Å²) in [6.07, 6.45) is 5.88. The number of benzene rings is 3. The number of ketones is 1. The van der Waals surface area contributed by atoms with Gasteiger partial charge in [-0.3, -0.25) is 9.78 Å². The smallest absolute Gasteiger partial charge is 0.164 e. The van der Waals surface area contributed by atoms with Crippen molar-refractivity contribution in [1.29, 1.82) is 0 Å². The van der Waals surface area contributed by atoms with Gasteiger partial charge in [0, 0.05) is 63.7 Å². The number of hydrogen-bond donors (Lipinski definition) is 1. The molecule has 0 unspecified atom stereocenters. The van der Waals surface area contributed by atoms with E-state index in [-0.39, 0.29) is 43.1 Å². The first-order chi connectivity index (χ1) is 23.0. The van der Waals surface area contributed by atoms with E-state index in [1.807, 2.05) is 59.1 Å². The molecule has 5 heteroatoms. The average Bonchev–Trinajstić information content (AvgIpc) is 3.49. The predicted octanol–water partition coefficient (Wildman–Crippen LogP) is 13.2. The van der Waals surface area contributed by atoms with Gasteiger partial charge in [0.15, 0.2) is 5.78 Å². The maximum absolute atomic E-state index is 12.3. The van der Waals surface area contributed by atoms with E-state index < -0.39 is 10.8 Å². The van der Waals surface area contributed by atoms with Crippen molar-refractivity contribution in [3.63, 3.8) is 0 Å². The summed E-state index contributed by atoms with van der Waals surface area (Å²) in [7, 11) is 0. The Hall–Kier alpha value is -2.85. The number of hydrogen-bond acceptors (Lipinski definition) is 4. The first-order valence-electron chi connectivity index (χ1n) is 18.2. The summed E-state index contributed by atoms with van der Waals surface area (Å²) < 4.78 is 10.7. The second-order valence-corrected chi connectivity index (χ2v) is 16.3. The Bertz CT molecular complexity index is 1980. The van der Waals surface area contributed by atoms with Crippen LogP contribution in [0, 0.1) is 22.8 Å². The van der Waals surface area contributed by atoms with E-state index in [9.17, 15) is 9.90 Å². The van der Waals surface area contributed by atoms with Gasteiger partial charge in [0.2, 0.25) is 0 Å². The van der Waals surface area contributed by atoms with Gasteiger partial charge >= 0.3 is 0 Å². The standard InChI is InChI=1S/C29H28NS.C15H28O2.Ir/c1-18(2)15-20-10-8-12-23-24-13-14-30-26(28(24)31-27(20)23)21-16-19-9-6-7-11-22(19)25(17-21)29(3,4)5;1-7-14(5,8-2)12(16)11-13(17)15(6,9-3)10-4;/h6-14,17-18H,15H2,1-5H3;11,16H,7-10H2,1-6H3;/q-1;;/b;12-11-;/i;11D;. The fourth-order valence-electron chi connectivity index (χ4n) is 6.12. The minimum atomic E-state index is -0.534. The number of aliphatic hydroxyl groups excluding tert-OH is 1. The van der Waals surface area contributed by atoms with Crippen molar-refractivity contribution in [2.45, 2.75) is 114 Å². The summed E-state index contributed by atoms with van der Waals surface area (Å²) in [6, 6.07) is 23.3. The fraction of sp³-hybridized carbons (Fsp3) is 0.455. The third kappa shape index (κ3) is 8.73.